The van der Waals surface area contributed by atoms with Gasteiger partial charge in [-0.1, -0.05) is 32.9 Å². The van der Waals surface area contributed by atoms with Gasteiger partial charge in [-0.2, -0.15) is 0 Å². The van der Waals surface area contributed by atoms with Crippen LogP contribution in [-0.2, 0) is 33.2 Å². The molecular formula is C37H68N2O13. The molecule has 3 aliphatic rings. The third kappa shape index (κ3) is 9.47. The maximum absolute atomic E-state index is 14.1. The van der Waals surface area contributed by atoms with Crippen LogP contribution < -0.4 is 0 Å². The lowest BCUT2D eigenvalue weighted by Crippen LogP contribution is -2.61. The van der Waals surface area contributed by atoms with Crippen molar-refractivity contribution in [3.63, 3.8) is 0 Å². The third-order valence-corrected chi connectivity index (χ3v) is 12.0. The van der Waals surface area contributed by atoms with Crippen LogP contribution in [0.1, 0.15) is 94.9 Å². The quantitative estimate of drug-likeness (QED) is 0.125. The first-order valence-electron chi connectivity index (χ1n) is 18.7. The van der Waals surface area contributed by atoms with E-state index in [1.807, 2.05) is 25.9 Å². The van der Waals surface area contributed by atoms with Gasteiger partial charge in [-0.15, -0.1) is 0 Å². The second kappa shape index (κ2) is 17.5. The topological polar surface area (TPSA) is 209 Å². The van der Waals surface area contributed by atoms with Crippen LogP contribution in [0, 0.1) is 23.7 Å². The zero-order chi connectivity index (χ0) is 39.7. The Hall–Kier alpha value is -1.50. The van der Waals surface area contributed by atoms with E-state index in [0.717, 1.165) is 0 Å². The van der Waals surface area contributed by atoms with Crippen LogP contribution in [0.15, 0.2) is 5.16 Å². The Labute approximate surface area is 309 Å². The van der Waals surface area contributed by atoms with E-state index >= 15 is 0 Å². The summed E-state index contributed by atoms with van der Waals surface area (Å²) in [7, 11) is 5.19. The zero-order valence-electron chi connectivity index (χ0n) is 33.4. The van der Waals surface area contributed by atoms with Gasteiger partial charge < -0.3 is 64.1 Å². The van der Waals surface area contributed by atoms with Crippen molar-refractivity contribution in [1.82, 2.24) is 4.90 Å². The molecule has 3 rings (SSSR count). The maximum atomic E-state index is 14.1. The van der Waals surface area contributed by atoms with Crippen LogP contribution in [0.2, 0.25) is 0 Å². The van der Waals surface area contributed by atoms with Crippen LogP contribution in [-0.4, -0.2) is 153 Å². The second-order valence-corrected chi connectivity index (χ2v) is 16.6. The Kier molecular flexibility index (Phi) is 15.1. The fraction of sp³-hybridized carbons (Fsp3) is 0.946. The highest BCUT2D eigenvalue weighted by molar-refractivity contribution is 5.88. The molecule has 1 unspecified atom stereocenters. The van der Waals surface area contributed by atoms with Gasteiger partial charge >= 0.3 is 5.97 Å². The van der Waals surface area contributed by atoms with Gasteiger partial charge in [0.1, 0.15) is 23.9 Å². The SMILES string of the molecule is CC[C@H]1OC(=O)[C@H](C)[C@@H](O[C@H]2C[C@@](C)(OC)[C@@H](O)[C@H](C)O2)[C@@H](C)C(O[C@@H]2O[C@H](C)C[C@H](N(C)C)[C@H]2O)[C@](C)(O)C[C@@H](C)/C(=N/O)[C@H](C)[C@@H](O)[C@@]1(C)O. The molecule has 3 fully saturated rings. The average Bonchev–Trinajstić information content (AvgIpc) is 3.06. The average molecular weight is 749 g/mol. The zero-order valence-corrected chi connectivity index (χ0v) is 33.4. The summed E-state index contributed by atoms with van der Waals surface area (Å²) in [5.41, 5.74) is -4.68. The molecule has 0 aromatic heterocycles. The Morgan fingerprint density at radius 3 is 2.08 bits per heavy atom. The van der Waals surface area contributed by atoms with Gasteiger partial charge in [-0.25, -0.2) is 0 Å². The minimum atomic E-state index is -1.97. The number of esters is 1. The molecule has 18 atom stereocenters. The summed E-state index contributed by atoms with van der Waals surface area (Å²) >= 11 is 0. The number of hydrogen-bond donors (Lipinski definition) is 6. The summed E-state index contributed by atoms with van der Waals surface area (Å²) < 4.78 is 37.2. The molecule has 0 aromatic rings. The molecule has 3 saturated heterocycles. The van der Waals surface area contributed by atoms with E-state index in [0.29, 0.717) is 6.42 Å². The monoisotopic (exact) mass is 748 g/mol. The molecule has 0 radical (unpaired) electrons. The molecule has 6 N–H and O–H groups in total. The highest BCUT2D eigenvalue weighted by Crippen LogP contribution is 2.41. The Bertz CT molecular complexity index is 1200. The van der Waals surface area contributed by atoms with Crippen LogP contribution in [0.3, 0.4) is 0 Å². The van der Waals surface area contributed by atoms with Crippen LogP contribution in [0.5, 0.6) is 0 Å². The Balaban J connectivity index is 2.21. The van der Waals surface area contributed by atoms with Crippen molar-refractivity contribution in [2.45, 2.75) is 179 Å². The summed E-state index contributed by atoms with van der Waals surface area (Å²) in [5.74, 6) is -4.24. The number of oxime groups is 1. The van der Waals surface area contributed by atoms with Gasteiger partial charge in [-0.3, -0.25) is 4.79 Å². The van der Waals surface area contributed by atoms with E-state index in [1.165, 1.54) is 14.0 Å². The van der Waals surface area contributed by atoms with Crippen molar-refractivity contribution in [2.75, 3.05) is 21.2 Å². The number of carbonyl (C=O) groups is 1. The van der Waals surface area contributed by atoms with Gasteiger partial charge in [0.25, 0.3) is 0 Å². The number of aliphatic hydroxyl groups excluding tert-OH is 3. The van der Waals surface area contributed by atoms with E-state index in [-0.39, 0.29) is 37.1 Å². The van der Waals surface area contributed by atoms with E-state index in [1.54, 1.807) is 55.4 Å². The summed E-state index contributed by atoms with van der Waals surface area (Å²) in [5, 5.41) is 71.8. The number of ether oxygens (including phenoxy) is 6. The van der Waals surface area contributed by atoms with E-state index in [2.05, 4.69) is 5.16 Å². The molecular weight excluding hydrogens is 680 g/mol. The number of aliphatic hydroxyl groups is 5. The molecule has 52 heavy (non-hydrogen) atoms. The lowest BCUT2D eigenvalue weighted by Gasteiger charge is -2.49. The summed E-state index contributed by atoms with van der Waals surface area (Å²) in [4.78, 5) is 16.0. The summed E-state index contributed by atoms with van der Waals surface area (Å²) in [6.45, 7) is 16.6. The number of cyclic esters (lactones) is 1. The number of nitrogens with zero attached hydrogens (tertiary/aromatic N) is 2. The van der Waals surface area contributed by atoms with Crippen molar-refractivity contribution in [3.05, 3.63) is 0 Å². The molecule has 3 aliphatic heterocycles. The number of carbonyl (C=O) groups excluding carboxylic acids is 1. The molecule has 3 heterocycles. The summed E-state index contributed by atoms with van der Waals surface area (Å²) in [6.07, 6.45) is -9.51. The molecule has 0 aromatic carbocycles. The lowest BCUT2D eigenvalue weighted by molar-refractivity contribution is -0.317. The van der Waals surface area contributed by atoms with Crippen molar-refractivity contribution in [1.29, 1.82) is 0 Å². The normalized spacial score (nSPS) is 49.8. The maximum Gasteiger partial charge on any atom is 0.311 e. The van der Waals surface area contributed by atoms with Gasteiger partial charge in [-0.05, 0) is 74.9 Å². The van der Waals surface area contributed by atoms with Gasteiger partial charge in [0.15, 0.2) is 12.6 Å². The fourth-order valence-corrected chi connectivity index (χ4v) is 8.61. The highest BCUT2D eigenvalue weighted by Gasteiger charge is 2.53. The van der Waals surface area contributed by atoms with E-state index < -0.39 is 102 Å². The molecule has 0 amide bonds. The predicted octanol–water partition coefficient (Wildman–Crippen LogP) is 2.05. The number of rotatable bonds is 7. The first-order chi connectivity index (χ1) is 24.0. The molecule has 0 spiro atoms. The smallest absolute Gasteiger partial charge is 0.311 e. The minimum Gasteiger partial charge on any atom is -0.459 e. The molecule has 15 nitrogen and oxygen atoms in total. The van der Waals surface area contributed by atoms with Crippen LogP contribution in [0.25, 0.3) is 0 Å². The largest absolute Gasteiger partial charge is 0.459 e. The summed E-state index contributed by atoms with van der Waals surface area (Å²) in [6, 6.07) is -0.322. The van der Waals surface area contributed by atoms with Gasteiger partial charge in [0.05, 0.1) is 53.4 Å². The van der Waals surface area contributed by atoms with Crippen molar-refractivity contribution >= 4 is 11.7 Å². The van der Waals surface area contributed by atoms with Gasteiger partial charge in [0.2, 0.25) is 0 Å². The van der Waals surface area contributed by atoms with Crippen molar-refractivity contribution in [2.24, 2.45) is 28.8 Å². The standard InChI is InChI=1S/C37H68N2O13/c1-14-25-37(10,45)30(41)20(4)27(38-46)18(2)16-35(8,44)32(52-34-28(40)24(39(11)12)15-19(3)48-34)21(5)29(22(6)33(43)50-25)51-26-17-36(9,47-13)31(42)23(7)49-26/h18-26,28-32,34,40-42,44-46H,14-17H2,1-13H3/b38-27-/t18-,19-,20+,21-,22-,23+,24+,25-,26+,28-,29+,30-,31+,32?,34+,35-,36-,37+/m1/s1. The molecule has 0 aliphatic carbocycles. The number of hydrogen-bond acceptors (Lipinski definition) is 15. The van der Waals surface area contributed by atoms with Gasteiger partial charge in [0, 0.05) is 37.3 Å². The lowest BCUT2D eigenvalue weighted by atomic mass is 9.73. The molecule has 0 bridgehead atoms. The predicted molar refractivity (Wildman–Crippen MR) is 190 cm³/mol. The van der Waals surface area contributed by atoms with E-state index in [4.69, 9.17) is 28.4 Å². The highest BCUT2D eigenvalue weighted by atomic mass is 16.7. The second-order valence-electron chi connectivity index (χ2n) is 16.6. The molecule has 15 heteroatoms. The third-order valence-electron chi connectivity index (χ3n) is 12.0. The van der Waals surface area contributed by atoms with E-state index in [9.17, 15) is 35.5 Å². The van der Waals surface area contributed by atoms with Crippen molar-refractivity contribution in [3.8, 4) is 0 Å². The molecule has 0 saturated carbocycles. The van der Waals surface area contributed by atoms with Crippen LogP contribution in [0.4, 0.5) is 0 Å². The number of methoxy groups -OCH3 is 1. The Morgan fingerprint density at radius 1 is 0.923 bits per heavy atom. The first-order valence-corrected chi connectivity index (χ1v) is 18.7. The minimum absolute atomic E-state index is 0.0657. The molecule has 304 valence electrons. The van der Waals surface area contributed by atoms with Crippen LogP contribution >= 0.6 is 0 Å². The van der Waals surface area contributed by atoms with Crippen molar-refractivity contribution < 1.29 is 64.0 Å². The Morgan fingerprint density at radius 2 is 1.54 bits per heavy atom. The first kappa shape index (κ1) is 44.9. The fourth-order valence-electron chi connectivity index (χ4n) is 8.61. The number of likely N-dealkylation sites (N-methyl/N-ethyl adjacent to an activating group) is 1.